The molecular formula is C48H37N. The fourth-order valence-electron chi connectivity index (χ4n) is 7.54. The van der Waals surface area contributed by atoms with Crippen molar-refractivity contribution in [3.8, 4) is 39.1 Å². The van der Waals surface area contributed by atoms with Crippen LogP contribution in [-0.2, 0) is 5.41 Å². The van der Waals surface area contributed by atoms with Gasteiger partial charge in [0.2, 0.25) is 0 Å². The Labute approximate surface area is 287 Å². The molecule has 49 heavy (non-hydrogen) atoms. The number of para-hydroxylation sites is 1. The van der Waals surface area contributed by atoms with Gasteiger partial charge in [-0.25, -0.2) is 0 Å². The summed E-state index contributed by atoms with van der Waals surface area (Å²) in [4.78, 5) is 0. The standard InChI is InChI=1S/C48H37N/c1-48(2,3)38-25-21-33(22-26-38)36-24-28-47-45(30-36)44-29-35(23-27-46(44)49(47)39-12-5-4-6-13-39)32-17-19-34(20-18-32)43-31-37-11-7-8-14-40(37)41-15-9-10-16-42(41)43/h4-31H,1-3H3. The fraction of sp³-hybridized carbons (Fsp3) is 0.0833. The predicted octanol–water partition coefficient (Wildman–Crippen LogP) is 13.4. The molecule has 1 heteroatoms. The van der Waals surface area contributed by atoms with E-state index >= 15 is 0 Å². The van der Waals surface area contributed by atoms with Crippen molar-refractivity contribution in [2.24, 2.45) is 0 Å². The first-order chi connectivity index (χ1) is 23.9. The maximum Gasteiger partial charge on any atom is 0.0541 e. The third-order valence-electron chi connectivity index (χ3n) is 10.2. The number of rotatable bonds is 4. The van der Waals surface area contributed by atoms with Gasteiger partial charge in [-0.15, -0.1) is 0 Å². The lowest BCUT2D eigenvalue weighted by Crippen LogP contribution is -2.10. The van der Waals surface area contributed by atoms with E-state index in [0.29, 0.717) is 0 Å². The summed E-state index contributed by atoms with van der Waals surface area (Å²) in [5.74, 6) is 0. The molecule has 234 valence electrons. The first-order valence-corrected chi connectivity index (χ1v) is 17.2. The number of nitrogens with zero attached hydrogens (tertiary/aromatic N) is 1. The van der Waals surface area contributed by atoms with Crippen molar-refractivity contribution >= 4 is 43.4 Å². The lowest BCUT2D eigenvalue weighted by Gasteiger charge is -2.19. The zero-order chi connectivity index (χ0) is 33.1. The zero-order valence-corrected chi connectivity index (χ0v) is 28.1. The summed E-state index contributed by atoms with van der Waals surface area (Å²) in [5.41, 5.74) is 12.5. The number of fused-ring (bicyclic) bond motifs is 6. The monoisotopic (exact) mass is 627 g/mol. The van der Waals surface area contributed by atoms with Crippen LogP contribution in [-0.4, -0.2) is 4.57 Å². The minimum atomic E-state index is 0.128. The third kappa shape index (κ3) is 5.02. The van der Waals surface area contributed by atoms with Gasteiger partial charge in [-0.05, 0) is 108 Å². The molecule has 0 radical (unpaired) electrons. The van der Waals surface area contributed by atoms with Gasteiger partial charge in [0.1, 0.15) is 0 Å². The van der Waals surface area contributed by atoms with Crippen molar-refractivity contribution in [3.05, 3.63) is 175 Å². The lowest BCUT2D eigenvalue weighted by molar-refractivity contribution is 0.590. The Kier molecular flexibility index (Phi) is 6.78. The van der Waals surface area contributed by atoms with Gasteiger partial charge in [0, 0.05) is 16.5 Å². The normalized spacial score (nSPS) is 12.0. The predicted molar refractivity (Wildman–Crippen MR) is 211 cm³/mol. The quantitative estimate of drug-likeness (QED) is 0.171. The molecule has 0 bridgehead atoms. The Morgan fingerprint density at radius 2 is 0.857 bits per heavy atom. The van der Waals surface area contributed by atoms with Crippen LogP contribution in [0.1, 0.15) is 26.3 Å². The van der Waals surface area contributed by atoms with Gasteiger partial charge in [0.15, 0.2) is 0 Å². The molecule has 1 nitrogen and oxygen atoms in total. The van der Waals surface area contributed by atoms with Crippen LogP contribution in [0.15, 0.2) is 170 Å². The minimum Gasteiger partial charge on any atom is -0.309 e. The highest BCUT2D eigenvalue weighted by molar-refractivity contribution is 6.14. The van der Waals surface area contributed by atoms with E-state index in [0.717, 1.165) is 0 Å². The second-order valence-electron chi connectivity index (χ2n) is 14.2. The van der Waals surface area contributed by atoms with Crippen molar-refractivity contribution in [3.63, 3.8) is 0 Å². The fourth-order valence-corrected chi connectivity index (χ4v) is 7.54. The van der Waals surface area contributed by atoms with Gasteiger partial charge in [-0.2, -0.15) is 0 Å². The van der Waals surface area contributed by atoms with E-state index in [-0.39, 0.29) is 5.41 Å². The summed E-state index contributed by atoms with van der Waals surface area (Å²) < 4.78 is 2.40. The van der Waals surface area contributed by atoms with Gasteiger partial charge in [0.25, 0.3) is 0 Å². The maximum absolute atomic E-state index is 2.40. The van der Waals surface area contributed by atoms with Gasteiger partial charge < -0.3 is 4.57 Å². The van der Waals surface area contributed by atoms with E-state index in [9.17, 15) is 0 Å². The van der Waals surface area contributed by atoms with Crippen molar-refractivity contribution in [2.45, 2.75) is 26.2 Å². The molecule has 0 aliphatic rings. The molecule has 0 fully saturated rings. The Morgan fingerprint density at radius 1 is 0.367 bits per heavy atom. The summed E-state index contributed by atoms with van der Waals surface area (Å²) in [6.45, 7) is 6.80. The molecule has 8 aromatic carbocycles. The molecule has 0 unspecified atom stereocenters. The zero-order valence-electron chi connectivity index (χ0n) is 28.1. The Hall–Kier alpha value is -5.92. The molecule has 0 atom stereocenters. The summed E-state index contributed by atoms with van der Waals surface area (Å²) in [7, 11) is 0. The highest BCUT2D eigenvalue weighted by atomic mass is 15.0. The molecule has 9 aromatic rings. The molecule has 0 N–H and O–H groups in total. The van der Waals surface area contributed by atoms with Gasteiger partial charge >= 0.3 is 0 Å². The van der Waals surface area contributed by atoms with Crippen molar-refractivity contribution in [1.29, 1.82) is 0 Å². The second-order valence-corrected chi connectivity index (χ2v) is 14.2. The topological polar surface area (TPSA) is 4.93 Å². The summed E-state index contributed by atoms with van der Waals surface area (Å²) in [6, 6.07) is 62.6. The van der Waals surface area contributed by atoms with Gasteiger partial charge in [-0.1, -0.05) is 148 Å². The maximum atomic E-state index is 2.40. The summed E-state index contributed by atoms with van der Waals surface area (Å²) >= 11 is 0. The number of aromatic nitrogens is 1. The third-order valence-corrected chi connectivity index (χ3v) is 10.2. The summed E-state index contributed by atoms with van der Waals surface area (Å²) in [5, 5.41) is 7.67. The van der Waals surface area contributed by atoms with Crippen molar-refractivity contribution in [1.82, 2.24) is 4.57 Å². The highest BCUT2D eigenvalue weighted by Gasteiger charge is 2.17. The molecule has 1 heterocycles. The SMILES string of the molecule is CC(C)(C)c1ccc(-c2ccc3c(c2)c2cc(-c4ccc(-c5cc6ccccc6c6ccccc56)cc4)ccc2n3-c2ccccc2)cc1. The average Bonchev–Trinajstić information content (AvgIpc) is 3.47. The minimum absolute atomic E-state index is 0.128. The average molecular weight is 628 g/mol. The molecule has 0 saturated carbocycles. The summed E-state index contributed by atoms with van der Waals surface area (Å²) in [6.07, 6.45) is 0. The van der Waals surface area contributed by atoms with Crippen LogP contribution in [0.5, 0.6) is 0 Å². The van der Waals surface area contributed by atoms with Gasteiger partial charge in [-0.3, -0.25) is 0 Å². The van der Waals surface area contributed by atoms with E-state index in [1.54, 1.807) is 0 Å². The number of hydrogen-bond donors (Lipinski definition) is 0. The van der Waals surface area contributed by atoms with Crippen molar-refractivity contribution < 1.29 is 0 Å². The molecule has 0 aliphatic carbocycles. The van der Waals surface area contributed by atoms with E-state index < -0.39 is 0 Å². The highest BCUT2D eigenvalue weighted by Crippen LogP contribution is 2.39. The molecule has 9 rings (SSSR count). The Morgan fingerprint density at radius 3 is 1.47 bits per heavy atom. The van der Waals surface area contributed by atoms with E-state index in [1.807, 2.05) is 0 Å². The number of benzene rings is 8. The van der Waals surface area contributed by atoms with Crippen LogP contribution in [0.4, 0.5) is 0 Å². The molecule has 0 saturated heterocycles. The largest absolute Gasteiger partial charge is 0.309 e. The van der Waals surface area contributed by atoms with Crippen LogP contribution < -0.4 is 0 Å². The van der Waals surface area contributed by atoms with Crippen LogP contribution in [0, 0.1) is 0 Å². The van der Waals surface area contributed by atoms with Crippen molar-refractivity contribution in [2.75, 3.05) is 0 Å². The Bertz CT molecular complexity index is 2650. The second kappa shape index (κ2) is 11.4. The molecule has 0 aliphatic heterocycles. The van der Waals surface area contributed by atoms with Crippen LogP contribution in [0.3, 0.4) is 0 Å². The first kappa shape index (κ1) is 29.2. The van der Waals surface area contributed by atoms with E-state index in [2.05, 4.69) is 195 Å². The molecule has 0 spiro atoms. The molecule has 0 amide bonds. The van der Waals surface area contributed by atoms with E-state index in [4.69, 9.17) is 0 Å². The molecule has 1 aromatic heterocycles. The smallest absolute Gasteiger partial charge is 0.0541 e. The van der Waals surface area contributed by atoms with E-state index in [1.165, 1.54) is 88.0 Å². The first-order valence-electron chi connectivity index (χ1n) is 17.2. The molecular weight excluding hydrogens is 591 g/mol. The van der Waals surface area contributed by atoms with Gasteiger partial charge in [0.05, 0.1) is 11.0 Å². The number of hydrogen-bond acceptors (Lipinski definition) is 0. The lowest BCUT2D eigenvalue weighted by atomic mass is 9.86. The van der Waals surface area contributed by atoms with Crippen LogP contribution in [0.2, 0.25) is 0 Å². The Balaban J connectivity index is 1.17. The van der Waals surface area contributed by atoms with Crippen LogP contribution >= 0.6 is 0 Å². The van der Waals surface area contributed by atoms with Crippen LogP contribution in [0.25, 0.3) is 82.4 Å².